The number of hydrogen-bond donors (Lipinski definition) is 1. The summed E-state index contributed by atoms with van der Waals surface area (Å²) in [5.74, 6) is -1.97. The van der Waals surface area contributed by atoms with Gasteiger partial charge in [-0.15, -0.1) is 0 Å². The van der Waals surface area contributed by atoms with Crippen molar-refractivity contribution in [2.45, 2.75) is 13.0 Å². The number of nitrogens with zero attached hydrogens (tertiary/aromatic N) is 1. The molecule has 0 aromatic heterocycles. The largest absolute Gasteiger partial charge is 0.379 e. The zero-order valence-electron chi connectivity index (χ0n) is 13.7. The van der Waals surface area contributed by atoms with Gasteiger partial charge in [-0.2, -0.15) is 0 Å². The molecule has 1 saturated heterocycles. The Hall–Kier alpha value is -1.22. The van der Waals surface area contributed by atoms with Crippen molar-refractivity contribution in [3.8, 4) is 0 Å². The maximum absolute atomic E-state index is 13.9. The Labute approximate surface area is 146 Å². The highest BCUT2D eigenvalue weighted by molar-refractivity contribution is 7.89. The van der Waals surface area contributed by atoms with Crippen molar-refractivity contribution in [3.63, 3.8) is 0 Å². The van der Waals surface area contributed by atoms with Crippen LogP contribution >= 0.6 is 11.6 Å². The lowest BCUT2D eigenvalue weighted by Crippen LogP contribution is -2.43. The van der Waals surface area contributed by atoms with Gasteiger partial charge in [-0.25, -0.2) is 17.1 Å². The summed E-state index contributed by atoms with van der Waals surface area (Å²) in [6.45, 7) is 2.05. The van der Waals surface area contributed by atoms with Crippen LogP contribution in [0.3, 0.4) is 0 Å². The van der Waals surface area contributed by atoms with Gasteiger partial charge < -0.3 is 10.1 Å². The van der Waals surface area contributed by atoms with Gasteiger partial charge >= 0.3 is 0 Å². The summed E-state index contributed by atoms with van der Waals surface area (Å²) in [6, 6.07) is 2.14. The Morgan fingerprint density at radius 1 is 1.42 bits per heavy atom. The van der Waals surface area contributed by atoms with Gasteiger partial charge in [0.1, 0.15) is 5.82 Å². The van der Waals surface area contributed by atoms with Gasteiger partial charge in [0, 0.05) is 20.0 Å². The third-order valence-electron chi connectivity index (χ3n) is 4.01. The molecule has 2 atom stereocenters. The molecule has 9 heteroatoms. The van der Waals surface area contributed by atoms with Crippen molar-refractivity contribution < 1.29 is 22.3 Å². The number of ether oxygens (including phenoxy) is 1. The highest BCUT2D eigenvalue weighted by atomic mass is 35.5. The summed E-state index contributed by atoms with van der Waals surface area (Å²) in [6.07, 6.45) is 0. The van der Waals surface area contributed by atoms with E-state index in [1.54, 1.807) is 6.92 Å². The molecule has 1 aromatic carbocycles. The topological polar surface area (TPSA) is 75.7 Å². The van der Waals surface area contributed by atoms with Gasteiger partial charge in [-0.05, 0) is 18.6 Å². The maximum Gasteiger partial charge on any atom is 0.256 e. The van der Waals surface area contributed by atoms with E-state index < -0.39 is 33.7 Å². The summed E-state index contributed by atoms with van der Waals surface area (Å²) < 4.78 is 44.4. The number of aryl methyl sites for hydroxylation is 1. The predicted octanol–water partition coefficient (Wildman–Crippen LogP) is 1.42. The monoisotopic (exact) mass is 378 g/mol. The van der Waals surface area contributed by atoms with Gasteiger partial charge in [-0.3, -0.25) is 4.79 Å². The molecule has 1 aliphatic heterocycles. The van der Waals surface area contributed by atoms with Crippen molar-refractivity contribution in [2.24, 2.45) is 5.92 Å². The van der Waals surface area contributed by atoms with E-state index in [1.807, 2.05) is 0 Å². The Balaban J connectivity index is 2.16. The van der Waals surface area contributed by atoms with E-state index in [2.05, 4.69) is 5.32 Å². The van der Waals surface area contributed by atoms with Gasteiger partial charge in [0.15, 0.2) is 0 Å². The highest BCUT2D eigenvalue weighted by Gasteiger charge is 2.35. The fraction of sp³-hybridized carbons (Fsp3) is 0.533. The molecular formula is C15H20ClFN2O4S. The van der Waals surface area contributed by atoms with Crippen LogP contribution in [0.2, 0.25) is 5.02 Å². The van der Waals surface area contributed by atoms with E-state index in [-0.39, 0.29) is 29.6 Å². The van der Waals surface area contributed by atoms with Crippen LogP contribution in [0.5, 0.6) is 0 Å². The lowest BCUT2D eigenvalue weighted by Gasteiger charge is -2.21. The Morgan fingerprint density at radius 3 is 2.71 bits per heavy atom. The summed E-state index contributed by atoms with van der Waals surface area (Å²) in [4.78, 5) is 12.4. The van der Waals surface area contributed by atoms with Gasteiger partial charge in [0.2, 0.25) is 10.0 Å². The van der Waals surface area contributed by atoms with Crippen LogP contribution in [0.1, 0.15) is 15.9 Å². The van der Waals surface area contributed by atoms with Gasteiger partial charge in [0.05, 0.1) is 35.6 Å². The lowest BCUT2D eigenvalue weighted by molar-refractivity contribution is 0.0922. The fourth-order valence-corrected chi connectivity index (χ4v) is 3.85. The second-order valence-corrected chi connectivity index (χ2v) is 8.60. The molecule has 0 spiro atoms. The summed E-state index contributed by atoms with van der Waals surface area (Å²) in [7, 11) is -0.546. The molecule has 134 valence electrons. The van der Waals surface area contributed by atoms with E-state index in [0.29, 0.717) is 5.56 Å². The number of nitrogens with one attached hydrogen (secondary N) is 1. The van der Waals surface area contributed by atoms with Crippen LogP contribution in [0.25, 0.3) is 0 Å². The predicted molar refractivity (Wildman–Crippen MR) is 89.2 cm³/mol. The average Bonchev–Trinajstić information content (AvgIpc) is 2.89. The Bertz CT molecular complexity index is 739. The molecule has 1 fully saturated rings. The number of carbonyl (C=O) groups is 1. The molecular weight excluding hydrogens is 359 g/mol. The summed E-state index contributed by atoms with van der Waals surface area (Å²) >= 11 is 6.03. The second kappa shape index (κ2) is 7.35. The number of halogens is 2. The Morgan fingerprint density at radius 2 is 2.08 bits per heavy atom. The van der Waals surface area contributed by atoms with E-state index in [4.69, 9.17) is 16.3 Å². The van der Waals surface area contributed by atoms with E-state index in [0.717, 1.165) is 4.31 Å². The molecule has 1 heterocycles. The number of sulfonamides is 1. The van der Waals surface area contributed by atoms with E-state index >= 15 is 0 Å². The maximum atomic E-state index is 13.9. The van der Waals surface area contributed by atoms with Crippen LogP contribution in [-0.2, 0) is 14.8 Å². The quantitative estimate of drug-likeness (QED) is 0.840. The molecule has 1 amide bonds. The molecule has 6 nitrogen and oxygen atoms in total. The van der Waals surface area contributed by atoms with Crippen molar-refractivity contribution in [1.29, 1.82) is 0 Å². The number of carbonyl (C=O) groups excluding carboxylic acids is 1. The minimum absolute atomic E-state index is 0.0453. The molecule has 1 N–H and O–H groups in total. The van der Waals surface area contributed by atoms with Crippen LogP contribution < -0.4 is 5.32 Å². The summed E-state index contributed by atoms with van der Waals surface area (Å²) in [5, 5.41) is 2.69. The van der Waals surface area contributed by atoms with Crippen molar-refractivity contribution >= 4 is 27.5 Å². The van der Waals surface area contributed by atoms with Crippen LogP contribution in [0.4, 0.5) is 4.39 Å². The van der Waals surface area contributed by atoms with Crippen molar-refractivity contribution in [2.75, 3.05) is 33.1 Å². The lowest BCUT2D eigenvalue weighted by atomic mass is 10.0. The molecule has 0 bridgehead atoms. The molecule has 1 aromatic rings. The Kier molecular flexibility index (Phi) is 5.85. The first-order chi connectivity index (χ1) is 11.1. The molecule has 24 heavy (non-hydrogen) atoms. The van der Waals surface area contributed by atoms with Crippen LogP contribution in [0, 0.1) is 18.7 Å². The first-order valence-corrected chi connectivity index (χ1v) is 9.35. The molecule has 0 radical (unpaired) electrons. The normalized spacial score (nSPS) is 21.2. The van der Waals surface area contributed by atoms with Crippen LogP contribution in [0.15, 0.2) is 12.1 Å². The third kappa shape index (κ3) is 4.05. The molecule has 1 aliphatic rings. The van der Waals surface area contributed by atoms with E-state index in [1.165, 1.54) is 26.2 Å². The third-order valence-corrected chi connectivity index (χ3v) is 6.46. The number of amides is 1. The van der Waals surface area contributed by atoms with Crippen molar-refractivity contribution in [3.05, 3.63) is 34.1 Å². The van der Waals surface area contributed by atoms with E-state index in [9.17, 15) is 17.6 Å². The molecule has 0 aliphatic carbocycles. The molecule has 0 unspecified atom stereocenters. The SMILES string of the molecule is Cc1ccc(F)c(C(=O)N[C@@H]2COC[C@H]2CS(=O)(=O)N(C)C)c1Cl. The number of hydrogen-bond acceptors (Lipinski definition) is 4. The summed E-state index contributed by atoms with van der Waals surface area (Å²) in [5.41, 5.74) is 0.343. The number of rotatable bonds is 5. The minimum Gasteiger partial charge on any atom is -0.379 e. The van der Waals surface area contributed by atoms with Gasteiger partial charge in [0.25, 0.3) is 5.91 Å². The zero-order chi connectivity index (χ0) is 18.1. The standard InChI is InChI=1S/C15H20ClFN2O4S/c1-9-4-5-11(17)13(14(9)16)15(20)18-12-7-23-6-10(12)8-24(21,22)19(2)3/h4-5,10,12H,6-8H2,1-3H3,(H,18,20)/t10-,12+/m0/s1. The van der Waals surface area contributed by atoms with Crippen LogP contribution in [-0.4, -0.2) is 57.7 Å². The first kappa shape index (κ1) is 19.1. The zero-order valence-corrected chi connectivity index (χ0v) is 15.2. The number of benzene rings is 1. The first-order valence-electron chi connectivity index (χ1n) is 7.37. The minimum atomic E-state index is -3.44. The van der Waals surface area contributed by atoms with Gasteiger partial charge in [-0.1, -0.05) is 17.7 Å². The second-order valence-electron chi connectivity index (χ2n) is 5.99. The molecule has 2 rings (SSSR count). The average molecular weight is 379 g/mol. The fourth-order valence-electron chi connectivity index (χ4n) is 2.45. The smallest absolute Gasteiger partial charge is 0.256 e. The molecule has 0 saturated carbocycles. The highest BCUT2D eigenvalue weighted by Crippen LogP contribution is 2.24. The van der Waals surface area contributed by atoms with Crippen molar-refractivity contribution in [1.82, 2.24) is 9.62 Å².